The van der Waals surface area contributed by atoms with Crippen LogP contribution in [-0.4, -0.2) is 33.0 Å². The maximum absolute atomic E-state index is 12.2. The molecule has 1 amide bonds. The lowest BCUT2D eigenvalue weighted by Gasteiger charge is -2.47. The van der Waals surface area contributed by atoms with Crippen molar-refractivity contribution >= 4 is 14.2 Å². The molecule has 0 aliphatic carbocycles. The summed E-state index contributed by atoms with van der Waals surface area (Å²) in [6.45, 7) is 16.6. The van der Waals surface area contributed by atoms with Gasteiger partial charge in [0.15, 0.2) is 8.32 Å². The topological polar surface area (TPSA) is 47.6 Å². The van der Waals surface area contributed by atoms with E-state index in [0.29, 0.717) is 13.2 Å². The van der Waals surface area contributed by atoms with E-state index in [0.717, 1.165) is 0 Å². The van der Waals surface area contributed by atoms with Crippen LogP contribution in [0.5, 0.6) is 0 Å². The molecule has 4 atom stereocenters. The van der Waals surface area contributed by atoms with Gasteiger partial charge in [-0.05, 0) is 30.6 Å². The first kappa shape index (κ1) is 21.1. The van der Waals surface area contributed by atoms with E-state index in [2.05, 4.69) is 65.2 Å². The summed E-state index contributed by atoms with van der Waals surface area (Å²) in [4.78, 5) is 12.2. The molecule has 5 heteroatoms. The van der Waals surface area contributed by atoms with Crippen molar-refractivity contribution in [1.82, 2.24) is 5.32 Å². The summed E-state index contributed by atoms with van der Waals surface area (Å²) in [6.07, 6.45) is -0.0637. The van der Waals surface area contributed by atoms with E-state index >= 15 is 0 Å². The van der Waals surface area contributed by atoms with E-state index in [4.69, 9.17) is 9.16 Å². The summed E-state index contributed by atoms with van der Waals surface area (Å²) >= 11 is 0. The van der Waals surface area contributed by atoms with Crippen LogP contribution in [0.3, 0.4) is 0 Å². The number of carbonyl (C=O) groups is 1. The first-order valence-electron chi connectivity index (χ1n) is 9.63. The van der Waals surface area contributed by atoms with Crippen molar-refractivity contribution in [3.8, 4) is 0 Å². The van der Waals surface area contributed by atoms with Gasteiger partial charge in [0, 0.05) is 12.0 Å². The minimum Gasteiger partial charge on any atom is -0.413 e. The Hall–Kier alpha value is -1.17. The van der Waals surface area contributed by atoms with Crippen LogP contribution >= 0.6 is 0 Å². The molecule has 1 aliphatic heterocycles. The number of benzene rings is 1. The quantitative estimate of drug-likeness (QED) is 0.541. The largest absolute Gasteiger partial charge is 0.413 e. The second kappa shape index (κ2) is 8.24. The highest BCUT2D eigenvalue weighted by Gasteiger charge is 2.48. The van der Waals surface area contributed by atoms with Crippen LogP contribution in [0.2, 0.25) is 18.1 Å². The Kier molecular flexibility index (Phi) is 6.69. The van der Waals surface area contributed by atoms with Crippen LogP contribution in [0.15, 0.2) is 30.3 Å². The van der Waals surface area contributed by atoms with Crippen molar-refractivity contribution in [2.75, 3.05) is 6.61 Å². The molecule has 4 nitrogen and oxygen atoms in total. The van der Waals surface area contributed by atoms with Crippen LogP contribution in [0.4, 0.5) is 0 Å². The molecule has 1 saturated heterocycles. The van der Waals surface area contributed by atoms with Crippen LogP contribution in [0, 0.1) is 11.8 Å². The minimum absolute atomic E-state index is 0.0637. The molecular weight excluding hydrogens is 342 g/mol. The third kappa shape index (κ3) is 4.96. The van der Waals surface area contributed by atoms with Gasteiger partial charge in [0.25, 0.3) is 0 Å². The standard InChI is InChI=1S/C21H35NO3Si/c1-15(13-24-14-17-11-9-8-10-12-17)19-18(20(23)22-19)16(2)25-26(6,7)21(3,4)5/h8-12,15-16,18-19H,13-14H2,1-7H3,(H,22,23)/t15-,16?,18+,19+/m0/s1. The SMILES string of the molecule is CC(O[Si](C)(C)C(C)(C)C)[C@H]1C(=O)N[C@@H]1[C@@H](C)COCc1ccccc1. The van der Waals surface area contributed by atoms with Crippen LogP contribution < -0.4 is 5.32 Å². The molecule has 0 saturated carbocycles. The summed E-state index contributed by atoms with van der Waals surface area (Å²) < 4.78 is 12.3. The van der Waals surface area contributed by atoms with E-state index in [1.807, 2.05) is 18.2 Å². The predicted octanol–water partition coefficient (Wildman–Crippen LogP) is 4.36. The normalized spacial score (nSPS) is 23.1. The first-order valence-corrected chi connectivity index (χ1v) is 12.5. The van der Waals surface area contributed by atoms with Gasteiger partial charge in [-0.3, -0.25) is 4.79 Å². The molecular formula is C21H35NO3Si. The average molecular weight is 378 g/mol. The molecule has 1 aliphatic rings. The summed E-state index contributed by atoms with van der Waals surface area (Å²) in [5.41, 5.74) is 1.17. The Morgan fingerprint density at radius 3 is 2.31 bits per heavy atom. The van der Waals surface area contributed by atoms with Crippen molar-refractivity contribution in [2.24, 2.45) is 11.8 Å². The van der Waals surface area contributed by atoms with Gasteiger partial charge in [-0.2, -0.15) is 0 Å². The number of hydrogen-bond acceptors (Lipinski definition) is 3. The van der Waals surface area contributed by atoms with E-state index in [1.165, 1.54) is 5.56 Å². The number of nitrogens with one attached hydrogen (secondary N) is 1. The molecule has 2 rings (SSSR count). The predicted molar refractivity (Wildman–Crippen MR) is 108 cm³/mol. The van der Waals surface area contributed by atoms with E-state index in [1.54, 1.807) is 0 Å². The Balaban J connectivity index is 1.88. The van der Waals surface area contributed by atoms with Crippen molar-refractivity contribution in [3.63, 3.8) is 0 Å². The van der Waals surface area contributed by atoms with Gasteiger partial charge in [-0.25, -0.2) is 0 Å². The highest BCUT2D eigenvalue weighted by atomic mass is 28.4. The van der Waals surface area contributed by atoms with Gasteiger partial charge in [0.2, 0.25) is 5.91 Å². The fourth-order valence-corrected chi connectivity index (χ4v) is 4.60. The number of hydrogen-bond donors (Lipinski definition) is 1. The molecule has 0 bridgehead atoms. The fraction of sp³-hybridized carbons (Fsp3) is 0.667. The lowest BCUT2D eigenvalue weighted by atomic mass is 9.79. The zero-order valence-corrected chi connectivity index (χ0v) is 18.3. The average Bonchev–Trinajstić information content (AvgIpc) is 2.51. The first-order chi connectivity index (χ1) is 12.0. The number of carbonyl (C=O) groups excluding carboxylic acids is 1. The summed E-state index contributed by atoms with van der Waals surface area (Å²) in [6, 6.07) is 10.3. The summed E-state index contributed by atoms with van der Waals surface area (Å²) in [5.74, 6) is 0.280. The number of rotatable bonds is 8. The molecule has 1 unspecified atom stereocenters. The number of ether oxygens (including phenoxy) is 1. The lowest BCUT2D eigenvalue weighted by Crippen LogP contribution is -2.66. The third-order valence-corrected chi connectivity index (χ3v) is 10.5. The van der Waals surface area contributed by atoms with Crippen molar-refractivity contribution < 1.29 is 14.0 Å². The number of amides is 1. The van der Waals surface area contributed by atoms with Crippen LogP contribution in [0.25, 0.3) is 0 Å². The monoisotopic (exact) mass is 377 g/mol. The molecule has 0 aromatic heterocycles. The summed E-state index contributed by atoms with van der Waals surface area (Å²) in [5, 5.41) is 3.20. The highest BCUT2D eigenvalue weighted by molar-refractivity contribution is 6.74. The van der Waals surface area contributed by atoms with Crippen molar-refractivity contribution in [1.29, 1.82) is 0 Å². The second-order valence-electron chi connectivity index (χ2n) is 9.12. The molecule has 0 spiro atoms. The lowest BCUT2D eigenvalue weighted by molar-refractivity contribution is -0.143. The van der Waals surface area contributed by atoms with Gasteiger partial charge in [-0.1, -0.05) is 58.0 Å². The molecule has 1 fully saturated rings. The number of β-lactam (4-membered cyclic amide) rings is 1. The molecule has 0 radical (unpaired) electrons. The van der Waals surface area contributed by atoms with Gasteiger partial charge in [-0.15, -0.1) is 0 Å². The Morgan fingerprint density at radius 2 is 1.77 bits per heavy atom. The van der Waals surface area contributed by atoms with Gasteiger partial charge >= 0.3 is 0 Å². The second-order valence-corrected chi connectivity index (χ2v) is 13.9. The van der Waals surface area contributed by atoms with Crippen LogP contribution in [-0.2, 0) is 20.6 Å². The smallest absolute Gasteiger partial charge is 0.228 e. The van der Waals surface area contributed by atoms with Gasteiger partial charge < -0.3 is 14.5 Å². The Labute approximate surface area is 159 Å². The fourth-order valence-electron chi connectivity index (χ4n) is 3.17. The Morgan fingerprint density at radius 1 is 1.15 bits per heavy atom. The zero-order chi connectivity index (χ0) is 19.5. The molecule has 1 aromatic carbocycles. The Bertz CT molecular complexity index is 597. The maximum Gasteiger partial charge on any atom is 0.228 e. The van der Waals surface area contributed by atoms with Gasteiger partial charge in [0.05, 0.1) is 25.2 Å². The third-order valence-electron chi connectivity index (χ3n) is 5.90. The molecule has 1 N–H and O–H groups in total. The van der Waals surface area contributed by atoms with Crippen molar-refractivity contribution in [3.05, 3.63) is 35.9 Å². The van der Waals surface area contributed by atoms with Crippen molar-refractivity contribution in [2.45, 2.75) is 71.5 Å². The summed E-state index contributed by atoms with van der Waals surface area (Å²) in [7, 11) is -1.89. The molecule has 146 valence electrons. The highest BCUT2D eigenvalue weighted by Crippen LogP contribution is 2.39. The minimum atomic E-state index is -1.89. The van der Waals surface area contributed by atoms with E-state index in [9.17, 15) is 4.79 Å². The maximum atomic E-state index is 12.2. The van der Waals surface area contributed by atoms with Gasteiger partial charge in [0.1, 0.15) is 0 Å². The van der Waals surface area contributed by atoms with Crippen LogP contribution in [0.1, 0.15) is 40.2 Å². The van der Waals surface area contributed by atoms with E-state index in [-0.39, 0.29) is 34.9 Å². The molecule has 1 aromatic rings. The van der Waals surface area contributed by atoms with E-state index < -0.39 is 8.32 Å². The molecule has 26 heavy (non-hydrogen) atoms. The molecule has 1 heterocycles. The zero-order valence-electron chi connectivity index (χ0n) is 17.3.